The standard InChI is InChI=1S/C29H58/c1-4-6-8-10-12-13-14-15-16-17-18-19-20-21-22-24-26-28-29(3)27-25-23-11-9-7-5-2/h6,8,29H,4-5,7,9-28H2,1-3H3/b8-6+. The van der Waals surface area contributed by atoms with Crippen molar-refractivity contribution in [1.82, 2.24) is 0 Å². The first-order chi connectivity index (χ1) is 14.3. The maximum Gasteiger partial charge on any atom is -0.0351 e. The van der Waals surface area contributed by atoms with Crippen molar-refractivity contribution < 1.29 is 0 Å². The van der Waals surface area contributed by atoms with Crippen molar-refractivity contribution in [3.63, 3.8) is 0 Å². The van der Waals surface area contributed by atoms with Crippen molar-refractivity contribution >= 4 is 0 Å². The molecule has 1 atom stereocenters. The van der Waals surface area contributed by atoms with E-state index in [0.29, 0.717) is 0 Å². The monoisotopic (exact) mass is 406 g/mol. The van der Waals surface area contributed by atoms with E-state index >= 15 is 0 Å². The van der Waals surface area contributed by atoms with Crippen molar-refractivity contribution in [2.45, 2.75) is 168 Å². The van der Waals surface area contributed by atoms with Crippen molar-refractivity contribution in [2.24, 2.45) is 5.92 Å². The Hall–Kier alpha value is -0.260. The van der Waals surface area contributed by atoms with E-state index in [1.54, 1.807) is 0 Å². The van der Waals surface area contributed by atoms with Gasteiger partial charge in [0.05, 0.1) is 0 Å². The predicted molar refractivity (Wildman–Crippen MR) is 136 cm³/mol. The van der Waals surface area contributed by atoms with E-state index in [0.717, 1.165) is 5.92 Å². The molecule has 0 N–H and O–H groups in total. The van der Waals surface area contributed by atoms with Crippen LogP contribution < -0.4 is 0 Å². The lowest BCUT2D eigenvalue weighted by molar-refractivity contribution is 0.430. The predicted octanol–water partition coefficient (Wildman–Crippen LogP) is 11.2. The van der Waals surface area contributed by atoms with Crippen molar-refractivity contribution in [3.8, 4) is 0 Å². The molecule has 0 nitrogen and oxygen atoms in total. The van der Waals surface area contributed by atoms with E-state index in [1.807, 2.05) is 0 Å². The third-order valence-electron chi connectivity index (χ3n) is 6.52. The molecule has 0 aliphatic carbocycles. The third-order valence-corrected chi connectivity index (χ3v) is 6.52. The van der Waals surface area contributed by atoms with Gasteiger partial charge in [-0.15, -0.1) is 0 Å². The molecule has 0 radical (unpaired) electrons. The zero-order valence-electron chi connectivity index (χ0n) is 21.0. The zero-order valence-corrected chi connectivity index (χ0v) is 21.0. The van der Waals surface area contributed by atoms with Crippen LogP contribution in [0.15, 0.2) is 12.2 Å². The molecule has 174 valence electrons. The van der Waals surface area contributed by atoms with Gasteiger partial charge in [0.15, 0.2) is 0 Å². The van der Waals surface area contributed by atoms with E-state index < -0.39 is 0 Å². The van der Waals surface area contributed by atoms with Crippen LogP contribution in [0.5, 0.6) is 0 Å². The summed E-state index contributed by atoms with van der Waals surface area (Å²) in [6.07, 6.45) is 37.9. The lowest BCUT2D eigenvalue weighted by Crippen LogP contribution is -1.95. The molecule has 0 aromatic carbocycles. The SMILES string of the molecule is CC/C=C/CCCCCCCCCCCCCCCC(C)CCCCCCCC. The Kier molecular flexibility index (Phi) is 25.5. The Bertz CT molecular complexity index is 303. The topological polar surface area (TPSA) is 0 Å². The van der Waals surface area contributed by atoms with Crippen LogP contribution in [0.4, 0.5) is 0 Å². The minimum absolute atomic E-state index is 0.967. The van der Waals surface area contributed by atoms with Gasteiger partial charge in [0.1, 0.15) is 0 Å². The first kappa shape index (κ1) is 28.7. The summed E-state index contributed by atoms with van der Waals surface area (Å²) in [4.78, 5) is 0. The van der Waals surface area contributed by atoms with Crippen molar-refractivity contribution in [2.75, 3.05) is 0 Å². The fraction of sp³-hybridized carbons (Fsp3) is 0.931. The van der Waals surface area contributed by atoms with E-state index in [9.17, 15) is 0 Å². The molecule has 0 aromatic heterocycles. The van der Waals surface area contributed by atoms with E-state index in [4.69, 9.17) is 0 Å². The van der Waals surface area contributed by atoms with Gasteiger partial charge in [-0.25, -0.2) is 0 Å². The highest BCUT2D eigenvalue weighted by atomic mass is 14.1. The fourth-order valence-electron chi connectivity index (χ4n) is 4.40. The third kappa shape index (κ3) is 25.7. The van der Waals surface area contributed by atoms with Crippen LogP contribution in [0.2, 0.25) is 0 Å². The molecule has 0 saturated carbocycles. The van der Waals surface area contributed by atoms with Crippen molar-refractivity contribution in [3.05, 3.63) is 12.2 Å². The second-order valence-corrected chi connectivity index (χ2v) is 9.71. The second-order valence-electron chi connectivity index (χ2n) is 9.71. The number of hydrogen-bond donors (Lipinski definition) is 0. The molecule has 0 spiro atoms. The molecule has 0 amide bonds. The highest BCUT2D eigenvalue weighted by Crippen LogP contribution is 2.19. The summed E-state index contributed by atoms with van der Waals surface area (Å²) in [7, 11) is 0. The Balaban J connectivity index is 3.11. The molecular weight excluding hydrogens is 348 g/mol. The summed E-state index contributed by atoms with van der Waals surface area (Å²) in [5.74, 6) is 0.967. The maximum absolute atomic E-state index is 2.48. The molecule has 0 aromatic rings. The van der Waals surface area contributed by atoms with Gasteiger partial charge in [-0.2, -0.15) is 0 Å². The van der Waals surface area contributed by atoms with Gasteiger partial charge in [-0.3, -0.25) is 0 Å². The number of rotatable bonds is 24. The Labute approximate surface area is 186 Å². The first-order valence-electron chi connectivity index (χ1n) is 14.0. The van der Waals surface area contributed by atoms with Crippen LogP contribution in [0.25, 0.3) is 0 Å². The minimum atomic E-state index is 0.967. The summed E-state index contributed by atoms with van der Waals surface area (Å²) in [5.41, 5.74) is 0. The highest BCUT2D eigenvalue weighted by Gasteiger charge is 2.02. The van der Waals surface area contributed by atoms with E-state index in [1.165, 1.54) is 148 Å². The summed E-state index contributed by atoms with van der Waals surface area (Å²) in [6.45, 7) is 7.00. The largest absolute Gasteiger partial charge is 0.0888 e. The molecule has 0 heterocycles. The number of allylic oxidation sites excluding steroid dienone is 2. The second kappa shape index (κ2) is 25.8. The quantitative estimate of drug-likeness (QED) is 0.110. The van der Waals surface area contributed by atoms with Gasteiger partial charge >= 0.3 is 0 Å². The molecule has 0 aliphatic rings. The van der Waals surface area contributed by atoms with Crippen LogP contribution in [0.3, 0.4) is 0 Å². The van der Waals surface area contributed by atoms with Crippen LogP contribution >= 0.6 is 0 Å². The smallest absolute Gasteiger partial charge is 0.0351 e. The van der Waals surface area contributed by atoms with Crippen LogP contribution in [-0.2, 0) is 0 Å². The van der Waals surface area contributed by atoms with Gasteiger partial charge in [0.25, 0.3) is 0 Å². The summed E-state index contributed by atoms with van der Waals surface area (Å²) in [6, 6.07) is 0. The Morgan fingerprint density at radius 3 is 1.24 bits per heavy atom. The fourth-order valence-corrected chi connectivity index (χ4v) is 4.40. The summed E-state index contributed by atoms with van der Waals surface area (Å²) < 4.78 is 0. The Morgan fingerprint density at radius 1 is 0.448 bits per heavy atom. The molecular formula is C29H58. The summed E-state index contributed by atoms with van der Waals surface area (Å²) >= 11 is 0. The van der Waals surface area contributed by atoms with Gasteiger partial charge in [0.2, 0.25) is 0 Å². The molecule has 0 fully saturated rings. The molecule has 0 rings (SSSR count). The van der Waals surface area contributed by atoms with E-state index in [2.05, 4.69) is 32.9 Å². The van der Waals surface area contributed by atoms with Gasteiger partial charge < -0.3 is 0 Å². The highest BCUT2D eigenvalue weighted by molar-refractivity contribution is 4.79. The van der Waals surface area contributed by atoms with Crippen molar-refractivity contribution in [1.29, 1.82) is 0 Å². The van der Waals surface area contributed by atoms with Gasteiger partial charge in [0, 0.05) is 0 Å². The normalized spacial score (nSPS) is 12.8. The first-order valence-corrected chi connectivity index (χ1v) is 14.0. The lowest BCUT2D eigenvalue weighted by Gasteiger charge is -2.11. The minimum Gasteiger partial charge on any atom is -0.0888 e. The number of unbranched alkanes of at least 4 members (excludes halogenated alkanes) is 18. The lowest BCUT2D eigenvalue weighted by atomic mass is 9.96. The molecule has 0 bridgehead atoms. The molecule has 0 aliphatic heterocycles. The molecule has 1 unspecified atom stereocenters. The molecule has 0 saturated heterocycles. The van der Waals surface area contributed by atoms with E-state index in [-0.39, 0.29) is 0 Å². The zero-order chi connectivity index (χ0) is 21.3. The Morgan fingerprint density at radius 2 is 0.828 bits per heavy atom. The van der Waals surface area contributed by atoms with Gasteiger partial charge in [-0.05, 0) is 25.2 Å². The average Bonchev–Trinajstić information content (AvgIpc) is 2.73. The molecule has 29 heavy (non-hydrogen) atoms. The maximum atomic E-state index is 2.48. The van der Waals surface area contributed by atoms with Crippen LogP contribution in [-0.4, -0.2) is 0 Å². The molecule has 0 heteroatoms. The summed E-state index contributed by atoms with van der Waals surface area (Å²) in [5, 5.41) is 0. The van der Waals surface area contributed by atoms with Gasteiger partial charge in [-0.1, -0.05) is 161 Å². The van der Waals surface area contributed by atoms with Crippen LogP contribution in [0, 0.1) is 5.92 Å². The average molecular weight is 407 g/mol. The number of hydrogen-bond acceptors (Lipinski definition) is 0. The van der Waals surface area contributed by atoms with Crippen LogP contribution in [0.1, 0.15) is 168 Å².